The van der Waals surface area contributed by atoms with E-state index in [0.29, 0.717) is 41.5 Å². The predicted octanol–water partition coefficient (Wildman–Crippen LogP) is 3.87. The summed E-state index contributed by atoms with van der Waals surface area (Å²) in [5, 5.41) is 3.10. The van der Waals surface area contributed by atoms with Gasteiger partial charge in [-0.25, -0.2) is 0 Å². The third-order valence-corrected chi connectivity index (χ3v) is 7.25. The van der Waals surface area contributed by atoms with Gasteiger partial charge < -0.3 is 29.2 Å². The van der Waals surface area contributed by atoms with Crippen molar-refractivity contribution in [2.24, 2.45) is 0 Å². The van der Waals surface area contributed by atoms with E-state index in [1.165, 1.54) is 0 Å². The zero-order valence-electron chi connectivity index (χ0n) is 21.4. The number of amides is 2. The van der Waals surface area contributed by atoms with Gasteiger partial charge in [0.2, 0.25) is 5.91 Å². The Labute approximate surface area is 216 Å². The standard InChI is InChI=1S/C29H30N2O6/c1-34-19-10-9-18(23(14-19)35-2)16-30-28(32)26-20-7-5-6-8-21(20)29(33)31-12-11-17-13-24(36-3)25(37-4)15-22(17)27(26)31/h5-10,13-15,26-27H,11-12,16H2,1-4H3,(H,30,32)/t26-,27+/m1/s1. The van der Waals surface area contributed by atoms with Crippen LogP contribution in [0.4, 0.5) is 0 Å². The molecule has 0 bridgehead atoms. The van der Waals surface area contributed by atoms with Gasteiger partial charge in [0.05, 0.1) is 40.4 Å². The SMILES string of the molecule is COc1ccc(CNC(=O)[C@@H]2c3ccccc3C(=O)N3CCc4cc(OC)c(OC)cc4[C@@H]23)c(OC)c1. The Morgan fingerprint density at radius 2 is 1.62 bits per heavy atom. The molecule has 2 amide bonds. The van der Waals surface area contributed by atoms with Gasteiger partial charge in [0.15, 0.2) is 11.5 Å². The van der Waals surface area contributed by atoms with Crippen molar-refractivity contribution < 1.29 is 28.5 Å². The van der Waals surface area contributed by atoms with Crippen molar-refractivity contribution in [2.45, 2.75) is 24.9 Å². The van der Waals surface area contributed by atoms with Crippen LogP contribution in [0.1, 0.15) is 44.6 Å². The second-order valence-corrected chi connectivity index (χ2v) is 9.06. The van der Waals surface area contributed by atoms with Crippen molar-refractivity contribution >= 4 is 11.8 Å². The van der Waals surface area contributed by atoms with Gasteiger partial charge in [-0.2, -0.15) is 0 Å². The number of hydrogen-bond acceptors (Lipinski definition) is 6. The van der Waals surface area contributed by atoms with Crippen LogP contribution in [0.5, 0.6) is 23.0 Å². The first-order valence-corrected chi connectivity index (χ1v) is 12.1. The lowest BCUT2D eigenvalue weighted by molar-refractivity contribution is -0.124. The number of nitrogens with one attached hydrogen (secondary N) is 1. The molecule has 0 unspecified atom stereocenters. The normalized spacial score (nSPS) is 17.7. The summed E-state index contributed by atoms with van der Waals surface area (Å²) in [6.45, 7) is 0.778. The number of rotatable bonds is 7. The fourth-order valence-corrected chi connectivity index (χ4v) is 5.43. The predicted molar refractivity (Wildman–Crippen MR) is 138 cm³/mol. The summed E-state index contributed by atoms with van der Waals surface area (Å²) in [7, 11) is 6.36. The molecule has 37 heavy (non-hydrogen) atoms. The van der Waals surface area contributed by atoms with Gasteiger partial charge in [-0.05, 0) is 53.4 Å². The molecule has 0 aromatic heterocycles. The molecule has 3 aromatic rings. The van der Waals surface area contributed by atoms with Crippen molar-refractivity contribution in [2.75, 3.05) is 35.0 Å². The first-order valence-electron chi connectivity index (χ1n) is 12.1. The van der Waals surface area contributed by atoms with Crippen LogP contribution < -0.4 is 24.3 Å². The Balaban J connectivity index is 1.55. The molecule has 5 rings (SSSR count). The van der Waals surface area contributed by atoms with Crippen molar-refractivity contribution in [3.05, 3.63) is 82.4 Å². The molecule has 0 saturated heterocycles. The highest BCUT2D eigenvalue weighted by atomic mass is 16.5. The smallest absolute Gasteiger partial charge is 0.254 e. The van der Waals surface area contributed by atoms with Crippen LogP contribution in [-0.2, 0) is 17.8 Å². The number of carbonyl (C=O) groups excluding carboxylic acids is 2. The maximum absolute atomic E-state index is 13.9. The van der Waals surface area contributed by atoms with Crippen LogP contribution in [0.2, 0.25) is 0 Å². The second-order valence-electron chi connectivity index (χ2n) is 9.06. The number of carbonyl (C=O) groups is 2. The topological polar surface area (TPSA) is 86.3 Å². The quantitative estimate of drug-likeness (QED) is 0.528. The summed E-state index contributed by atoms with van der Waals surface area (Å²) in [4.78, 5) is 29.3. The van der Waals surface area contributed by atoms with Gasteiger partial charge in [0.25, 0.3) is 5.91 Å². The summed E-state index contributed by atoms with van der Waals surface area (Å²) in [6, 6.07) is 16.2. The minimum absolute atomic E-state index is 0.0677. The molecule has 8 heteroatoms. The monoisotopic (exact) mass is 502 g/mol. The van der Waals surface area contributed by atoms with E-state index in [1.807, 2.05) is 47.4 Å². The van der Waals surface area contributed by atoms with E-state index in [0.717, 1.165) is 22.3 Å². The number of fused-ring (bicyclic) bond motifs is 4. The number of methoxy groups -OCH3 is 4. The van der Waals surface area contributed by atoms with Crippen LogP contribution in [0.15, 0.2) is 54.6 Å². The van der Waals surface area contributed by atoms with Crippen molar-refractivity contribution in [1.82, 2.24) is 10.2 Å². The molecule has 2 aliphatic rings. The molecule has 0 aliphatic carbocycles. The van der Waals surface area contributed by atoms with Crippen molar-refractivity contribution in [3.8, 4) is 23.0 Å². The summed E-state index contributed by atoms with van der Waals surface area (Å²) < 4.78 is 21.9. The Hall–Kier alpha value is -4.20. The highest BCUT2D eigenvalue weighted by Crippen LogP contribution is 2.48. The Morgan fingerprint density at radius 1 is 0.892 bits per heavy atom. The Bertz CT molecular complexity index is 1350. The summed E-state index contributed by atoms with van der Waals surface area (Å²) >= 11 is 0. The lowest BCUT2D eigenvalue weighted by Gasteiger charge is -2.45. The molecular weight excluding hydrogens is 472 g/mol. The van der Waals surface area contributed by atoms with Gasteiger partial charge in [0, 0.05) is 30.3 Å². The van der Waals surface area contributed by atoms with E-state index < -0.39 is 12.0 Å². The molecule has 0 saturated carbocycles. The second kappa shape index (κ2) is 10.0. The molecular formula is C29H30N2O6. The fraction of sp³-hybridized carbons (Fsp3) is 0.310. The van der Waals surface area contributed by atoms with E-state index in [1.54, 1.807) is 40.6 Å². The number of benzene rings is 3. The average molecular weight is 503 g/mol. The van der Waals surface area contributed by atoms with Crippen LogP contribution in [0.25, 0.3) is 0 Å². The molecule has 0 fully saturated rings. The average Bonchev–Trinajstić information content (AvgIpc) is 2.95. The van der Waals surface area contributed by atoms with Crippen LogP contribution >= 0.6 is 0 Å². The third-order valence-electron chi connectivity index (χ3n) is 7.25. The van der Waals surface area contributed by atoms with E-state index in [-0.39, 0.29) is 18.4 Å². The highest BCUT2D eigenvalue weighted by Gasteiger charge is 2.46. The molecule has 1 N–H and O–H groups in total. The van der Waals surface area contributed by atoms with Crippen LogP contribution in [-0.4, -0.2) is 51.7 Å². The molecule has 2 heterocycles. The van der Waals surface area contributed by atoms with Crippen LogP contribution in [0.3, 0.4) is 0 Å². The van der Waals surface area contributed by atoms with Crippen molar-refractivity contribution in [3.63, 3.8) is 0 Å². The first kappa shape index (κ1) is 24.5. The largest absolute Gasteiger partial charge is 0.497 e. The van der Waals surface area contributed by atoms with E-state index in [9.17, 15) is 9.59 Å². The maximum atomic E-state index is 13.9. The van der Waals surface area contributed by atoms with Gasteiger partial charge in [0.1, 0.15) is 11.5 Å². The third kappa shape index (κ3) is 4.22. The summed E-state index contributed by atoms with van der Waals surface area (Å²) in [6.07, 6.45) is 0.664. The number of ether oxygens (including phenoxy) is 4. The van der Waals surface area contributed by atoms with E-state index >= 15 is 0 Å². The zero-order valence-corrected chi connectivity index (χ0v) is 21.4. The van der Waals surface area contributed by atoms with Gasteiger partial charge in [-0.1, -0.05) is 18.2 Å². The molecule has 8 nitrogen and oxygen atoms in total. The summed E-state index contributed by atoms with van der Waals surface area (Å²) in [5.41, 5.74) is 4.04. The van der Waals surface area contributed by atoms with Gasteiger partial charge in [-0.15, -0.1) is 0 Å². The molecule has 2 aliphatic heterocycles. The highest BCUT2D eigenvalue weighted by molar-refractivity contribution is 6.01. The van der Waals surface area contributed by atoms with Crippen LogP contribution in [0, 0.1) is 0 Å². The van der Waals surface area contributed by atoms with Gasteiger partial charge in [-0.3, -0.25) is 9.59 Å². The first-order chi connectivity index (χ1) is 18.0. The number of hydrogen-bond donors (Lipinski definition) is 1. The molecule has 3 aromatic carbocycles. The molecule has 2 atom stereocenters. The lowest BCUT2D eigenvalue weighted by Crippen LogP contribution is -2.50. The number of nitrogens with zero attached hydrogens (tertiary/aromatic N) is 1. The van der Waals surface area contributed by atoms with E-state index in [4.69, 9.17) is 18.9 Å². The van der Waals surface area contributed by atoms with Gasteiger partial charge >= 0.3 is 0 Å². The molecule has 0 radical (unpaired) electrons. The molecule has 192 valence electrons. The summed E-state index contributed by atoms with van der Waals surface area (Å²) in [5.74, 6) is 1.65. The van der Waals surface area contributed by atoms with E-state index in [2.05, 4.69) is 5.32 Å². The lowest BCUT2D eigenvalue weighted by atomic mass is 9.75. The maximum Gasteiger partial charge on any atom is 0.254 e. The molecule has 0 spiro atoms. The minimum atomic E-state index is -0.602. The Morgan fingerprint density at radius 3 is 2.35 bits per heavy atom. The zero-order chi connectivity index (χ0) is 26.1. The van der Waals surface area contributed by atoms with Crippen molar-refractivity contribution in [1.29, 1.82) is 0 Å². The Kier molecular flexibility index (Phi) is 6.65. The minimum Gasteiger partial charge on any atom is -0.497 e. The fourth-order valence-electron chi connectivity index (χ4n) is 5.43.